The zero-order valence-electron chi connectivity index (χ0n) is 14.6. The lowest BCUT2D eigenvalue weighted by atomic mass is 10.2. The summed E-state index contributed by atoms with van der Waals surface area (Å²) in [5, 5.41) is -0.568. The minimum absolute atomic E-state index is 0.0534. The van der Waals surface area contributed by atoms with Gasteiger partial charge in [0.25, 0.3) is 0 Å². The summed E-state index contributed by atoms with van der Waals surface area (Å²) in [5.41, 5.74) is 4.45. The van der Waals surface area contributed by atoms with Crippen molar-refractivity contribution in [3.63, 3.8) is 0 Å². The number of anilines is 1. The average Bonchev–Trinajstić information content (AvgIpc) is 2.92. The molecule has 0 bridgehead atoms. The Morgan fingerprint density at radius 3 is 2.54 bits per heavy atom. The Kier molecular flexibility index (Phi) is 6.76. The number of amides is 2. The van der Waals surface area contributed by atoms with Crippen molar-refractivity contribution in [1.29, 1.82) is 0 Å². The van der Waals surface area contributed by atoms with E-state index in [1.54, 1.807) is 6.92 Å². The maximum atomic E-state index is 12.6. The van der Waals surface area contributed by atoms with Crippen molar-refractivity contribution in [1.82, 2.24) is 0 Å². The zero-order chi connectivity index (χ0) is 19.3. The predicted molar refractivity (Wildman–Crippen MR) is 94.4 cm³/mol. The molecular formula is C17H21N2O6S+. The Balaban J connectivity index is 2.02. The summed E-state index contributed by atoms with van der Waals surface area (Å²) in [5.74, 6) is -1.30. The number of imide groups is 1. The number of thioether (sulfide) groups is 1. The van der Waals surface area contributed by atoms with Crippen LogP contribution < -0.4 is 10.6 Å². The summed E-state index contributed by atoms with van der Waals surface area (Å²) in [4.78, 5) is 49.0. The first-order chi connectivity index (χ1) is 12.4. The van der Waals surface area contributed by atoms with E-state index in [0.717, 1.165) is 4.90 Å². The SMILES string of the molecule is CCOC(=O)[C@@H]([NH3+])CS[C@H]1CC(=O)N(c2ccc(C(=O)OC)cc2)C1=O. The van der Waals surface area contributed by atoms with Crippen molar-refractivity contribution >= 4 is 41.2 Å². The Morgan fingerprint density at radius 1 is 1.31 bits per heavy atom. The second-order valence-corrected chi connectivity index (χ2v) is 6.82. The molecule has 0 radical (unpaired) electrons. The van der Waals surface area contributed by atoms with E-state index in [9.17, 15) is 19.2 Å². The van der Waals surface area contributed by atoms with Gasteiger partial charge in [0, 0.05) is 6.42 Å². The van der Waals surface area contributed by atoms with Crippen molar-refractivity contribution in [2.45, 2.75) is 24.6 Å². The molecule has 3 N–H and O–H groups in total. The molecule has 1 aromatic carbocycles. The highest BCUT2D eigenvalue weighted by atomic mass is 32.2. The first-order valence-corrected chi connectivity index (χ1v) is 9.10. The average molecular weight is 381 g/mol. The van der Waals surface area contributed by atoms with E-state index in [1.165, 1.54) is 43.1 Å². The second kappa shape index (κ2) is 8.81. The van der Waals surface area contributed by atoms with Gasteiger partial charge < -0.3 is 15.2 Å². The summed E-state index contributed by atoms with van der Waals surface area (Å²) in [6, 6.07) is 5.44. The fourth-order valence-electron chi connectivity index (χ4n) is 2.43. The maximum absolute atomic E-state index is 12.6. The number of nitrogens with zero attached hydrogens (tertiary/aromatic N) is 1. The van der Waals surface area contributed by atoms with E-state index in [4.69, 9.17) is 4.74 Å². The molecule has 2 atom stereocenters. The van der Waals surface area contributed by atoms with E-state index in [-0.39, 0.29) is 30.6 Å². The first-order valence-electron chi connectivity index (χ1n) is 8.05. The van der Waals surface area contributed by atoms with Crippen molar-refractivity contribution < 1.29 is 34.4 Å². The highest BCUT2D eigenvalue weighted by Gasteiger charge is 2.40. The molecule has 0 aliphatic carbocycles. The van der Waals surface area contributed by atoms with Gasteiger partial charge in [-0.2, -0.15) is 0 Å². The van der Waals surface area contributed by atoms with Gasteiger partial charge in [0.05, 0.1) is 36.0 Å². The molecule has 1 saturated heterocycles. The number of ether oxygens (including phenoxy) is 2. The molecule has 0 saturated carbocycles. The van der Waals surface area contributed by atoms with Crippen LogP contribution in [0.2, 0.25) is 0 Å². The number of rotatable bonds is 7. The fraction of sp³-hybridized carbons (Fsp3) is 0.412. The molecule has 1 aliphatic rings. The molecule has 26 heavy (non-hydrogen) atoms. The molecule has 1 aliphatic heterocycles. The number of quaternary nitrogens is 1. The van der Waals surface area contributed by atoms with Gasteiger partial charge in [0.15, 0.2) is 6.04 Å². The van der Waals surface area contributed by atoms with Crippen LogP contribution in [0.4, 0.5) is 5.69 Å². The van der Waals surface area contributed by atoms with Crippen LogP contribution in [0.25, 0.3) is 0 Å². The third-order valence-electron chi connectivity index (χ3n) is 3.77. The van der Waals surface area contributed by atoms with Crippen LogP contribution in [0, 0.1) is 0 Å². The van der Waals surface area contributed by atoms with Gasteiger partial charge in [-0.25, -0.2) is 14.5 Å². The van der Waals surface area contributed by atoms with E-state index in [1.807, 2.05) is 0 Å². The molecule has 9 heteroatoms. The van der Waals surface area contributed by atoms with Gasteiger partial charge in [-0.3, -0.25) is 9.59 Å². The molecule has 0 unspecified atom stereocenters. The molecule has 0 aromatic heterocycles. The van der Waals surface area contributed by atoms with Crippen molar-refractivity contribution in [2.24, 2.45) is 0 Å². The van der Waals surface area contributed by atoms with E-state index in [2.05, 4.69) is 10.5 Å². The number of benzene rings is 1. The summed E-state index contributed by atoms with van der Waals surface area (Å²) in [6.45, 7) is 1.98. The van der Waals surface area contributed by atoms with Crippen molar-refractivity contribution in [2.75, 3.05) is 24.4 Å². The topological polar surface area (TPSA) is 118 Å². The molecule has 1 aromatic rings. The zero-order valence-corrected chi connectivity index (χ0v) is 15.4. The van der Waals surface area contributed by atoms with Gasteiger partial charge in [-0.05, 0) is 31.2 Å². The van der Waals surface area contributed by atoms with Crippen LogP contribution in [0.1, 0.15) is 23.7 Å². The quantitative estimate of drug-likeness (QED) is 0.522. The molecule has 2 amide bonds. The number of hydrogen-bond acceptors (Lipinski definition) is 7. The summed E-state index contributed by atoms with van der Waals surface area (Å²) in [7, 11) is 1.28. The van der Waals surface area contributed by atoms with E-state index in [0.29, 0.717) is 11.3 Å². The molecule has 1 heterocycles. The van der Waals surface area contributed by atoms with Crippen LogP contribution in [0.15, 0.2) is 24.3 Å². The lowest BCUT2D eigenvalue weighted by Gasteiger charge is -2.15. The Morgan fingerprint density at radius 2 is 1.96 bits per heavy atom. The molecular weight excluding hydrogens is 360 g/mol. The van der Waals surface area contributed by atoms with E-state index >= 15 is 0 Å². The standard InChI is InChI=1S/C17H20N2O6S/c1-3-25-17(23)12(18)9-26-13-8-14(20)19(15(13)21)11-6-4-10(5-7-11)16(22)24-2/h4-7,12-13H,3,8-9,18H2,1-2H3/p+1/t12-,13-/m0/s1. The third-order valence-corrected chi connectivity index (χ3v) is 5.14. The van der Waals surface area contributed by atoms with Gasteiger partial charge in [-0.1, -0.05) is 0 Å². The number of esters is 2. The van der Waals surface area contributed by atoms with Gasteiger partial charge in [0.1, 0.15) is 0 Å². The Labute approximate surface area is 155 Å². The maximum Gasteiger partial charge on any atom is 0.365 e. The minimum Gasteiger partial charge on any atom is -0.465 e. The largest absolute Gasteiger partial charge is 0.465 e. The van der Waals surface area contributed by atoms with E-state index < -0.39 is 23.2 Å². The van der Waals surface area contributed by atoms with Crippen LogP contribution in [-0.4, -0.2) is 54.5 Å². The van der Waals surface area contributed by atoms with Crippen LogP contribution in [0.5, 0.6) is 0 Å². The normalized spacial score (nSPS) is 18.0. The highest BCUT2D eigenvalue weighted by molar-refractivity contribution is 8.00. The molecule has 140 valence electrons. The smallest absolute Gasteiger partial charge is 0.365 e. The summed E-state index contributed by atoms with van der Waals surface area (Å²) < 4.78 is 9.50. The van der Waals surface area contributed by atoms with Crippen LogP contribution in [-0.2, 0) is 23.9 Å². The first kappa shape index (κ1) is 19.9. The van der Waals surface area contributed by atoms with Crippen LogP contribution >= 0.6 is 11.8 Å². The number of methoxy groups -OCH3 is 1. The molecule has 0 spiro atoms. The second-order valence-electron chi connectivity index (χ2n) is 5.58. The summed E-state index contributed by atoms with van der Waals surface area (Å²) >= 11 is 1.22. The number of carbonyl (C=O) groups is 4. The van der Waals surface area contributed by atoms with Crippen LogP contribution in [0.3, 0.4) is 0 Å². The summed E-state index contributed by atoms with van der Waals surface area (Å²) in [6.07, 6.45) is 0.0534. The monoisotopic (exact) mass is 381 g/mol. The van der Waals surface area contributed by atoms with Gasteiger partial charge >= 0.3 is 11.9 Å². The molecule has 8 nitrogen and oxygen atoms in total. The third kappa shape index (κ3) is 4.41. The lowest BCUT2D eigenvalue weighted by Crippen LogP contribution is -2.66. The van der Waals surface area contributed by atoms with Gasteiger partial charge in [-0.15, -0.1) is 11.8 Å². The molecule has 1 fully saturated rings. The predicted octanol–water partition coefficient (Wildman–Crippen LogP) is 0.0119. The van der Waals surface area contributed by atoms with Gasteiger partial charge in [0.2, 0.25) is 11.8 Å². The Hall–Kier alpha value is -2.39. The Bertz CT molecular complexity index is 706. The number of hydrogen-bond donors (Lipinski definition) is 1. The highest BCUT2D eigenvalue weighted by Crippen LogP contribution is 2.30. The van der Waals surface area contributed by atoms with Crippen molar-refractivity contribution in [3.8, 4) is 0 Å². The molecule has 2 rings (SSSR count). The fourth-order valence-corrected chi connectivity index (χ4v) is 3.54. The number of carbonyl (C=O) groups excluding carboxylic acids is 4. The lowest BCUT2D eigenvalue weighted by molar-refractivity contribution is -0.401. The minimum atomic E-state index is -0.601. The van der Waals surface area contributed by atoms with Crippen molar-refractivity contribution in [3.05, 3.63) is 29.8 Å².